The van der Waals surface area contributed by atoms with E-state index in [-0.39, 0.29) is 0 Å². The van der Waals surface area contributed by atoms with Crippen molar-refractivity contribution in [3.63, 3.8) is 0 Å². The van der Waals surface area contributed by atoms with Gasteiger partial charge in [0.15, 0.2) is 18.2 Å². The van der Waals surface area contributed by atoms with Crippen molar-refractivity contribution in [2.75, 3.05) is 6.61 Å². The van der Waals surface area contributed by atoms with Crippen molar-refractivity contribution >= 4 is 0 Å². The molecule has 0 bridgehead atoms. The van der Waals surface area contributed by atoms with E-state index in [1.165, 1.54) is 0 Å². The lowest BCUT2D eigenvalue weighted by molar-refractivity contribution is -0.374. The van der Waals surface area contributed by atoms with Crippen molar-refractivity contribution in [2.45, 2.75) is 67.0 Å². The monoisotopic (exact) mass is 358 g/mol. The summed E-state index contributed by atoms with van der Waals surface area (Å²) >= 11 is 0. The average molecular weight is 358 g/mol. The molecule has 2 saturated heterocycles. The fourth-order valence-corrected chi connectivity index (χ4v) is 2.86. The molecule has 0 saturated carbocycles. The molecule has 11 atom stereocenters. The largest absolute Gasteiger partial charge is 0.394 e. The highest BCUT2D eigenvalue weighted by atomic mass is 16.7. The summed E-state index contributed by atoms with van der Waals surface area (Å²) in [5, 5.41) is 97.7. The summed E-state index contributed by atoms with van der Waals surface area (Å²) in [6.45, 7) is -0.812. The first-order valence-electron chi connectivity index (χ1n) is 7.16. The lowest BCUT2D eigenvalue weighted by Gasteiger charge is -2.51. The zero-order valence-electron chi connectivity index (χ0n) is 12.3. The molecule has 142 valence electrons. The summed E-state index contributed by atoms with van der Waals surface area (Å²) in [5.41, 5.74) is -3.00. The minimum absolute atomic E-state index is 0.812. The zero-order chi connectivity index (χ0) is 18.4. The molecule has 0 aliphatic carbocycles. The van der Waals surface area contributed by atoms with Crippen molar-refractivity contribution in [3.8, 4) is 0 Å². The summed E-state index contributed by atoms with van der Waals surface area (Å²) in [6.07, 6.45) is -20.2. The van der Waals surface area contributed by atoms with Crippen molar-refractivity contribution < 1.29 is 60.5 Å². The Bertz CT molecular complexity index is 436. The van der Waals surface area contributed by atoms with Crippen molar-refractivity contribution in [3.05, 3.63) is 0 Å². The van der Waals surface area contributed by atoms with E-state index in [2.05, 4.69) is 0 Å². The highest BCUT2D eigenvalue weighted by Gasteiger charge is 2.62. The predicted molar refractivity (Wildman–Crippen MR) is 69.8 cm³/mol. The molecule has 12 heteroatoms. The molecule has 10 N–H and O–H groups in total. The molecule has 12 nitrogen and oxygen atoms in total. The molecule has 2 unspecified atom stereocenters. The molecule has 2 rings (SSSR count). The van der Waals surface area contributed by atoms with Crippen LogP contribution in [-0.4, -0.2) is 125 Å². The Morgan fingerprint density at radius 2 is 1.42 bits per heavy atom. The molecule has 0 spiro atoms. The first-order chi connectivity index (χ1) is 11.1. The molecule has 0 aromatic heterocycles. The van der Waals surface area contributed by atoms with Gasteiger partial charge in [0.05, 0.1) is 6.61 Å². The zero-order valence-corrected chi connectivity index (χ0v) is 12.3. The van der Waals surface area contributed by atoms with Gasteiger partial charge in [0.25, 0.3) is 0 Å². The molecule has 0 aromatic rings. The first kappa shape index (κ1) is 19.8. The average Bonchev–Trinajstić information content (AvgIpc) is 2.56. The first-order valence-corrected chi connectivity index (χ1v) is 7.16. The van der Waals surface area contributed by atoms with Crippen LogP contribution in [0.15, 0.2) is 0 Å². The van der Waals surface area contributed by atoms with E-state index in [1.807, 2.05) is 0 Å². The molecule has 24 heavy (non-hydrogen) atoms. The topological polar surface area (TPSA) is 221 Å². The van der Waals surface area contributed by atoms with E-state index < -0.39 is 73.6 Å². The lowest BCUT2D eigenvalue weighted by Crippen LogP contribution is -2.75. The molecular weight excluding hydrogens is 336 g/mol. The van der Waals surface area contributed by atoms with Crippen LogP contribution in [0.25, 0.3) is 0 Å². The fraction of sp³-hybridized carbons (Fsp3) is 1.00. The second-order valence-corrected chi connectivity index (χ2v) is 5.94. The van der Waals surface area contributed by atoms with Gasteiger partial charge in [0.1, 0.15) is 48.8 Å². The number of rotatable bonds is 3. The van der Waals surface area contributed by atoms with Crippen LogP contribution in [0.4, 0.5) is 0 Å². The van der Waals surface area contributed by atoms with Gasteiger partial charge in [0.2, 0.25) is 0 Å². The van der Waals surface area contributed by atoms with Crippen LogP contribution in [0.2, 0.25) is 0 Å². The number of ether oxygens (including phenoxy) is 2. The highest BCUT2D eigenvalue weighted by molar-refractivity contribution is 5.08. The third-order valence-corrected chi connectivity index (χ3v) is 4.47. The Hall–Kier alpha value is -0.480. The van der Waals surface area contributed by atoms with Gasteiger partial charge in [0, 0.05) is 0 Å². The Morgan fingerprint density at radius 3 is 1.96 bits per heavy atom. The van der Waals surface area contributed by atoms with Crippen LogP contribution in [0.3, 0.4) is 0 Å². The Labute approximate surface area is 135 Å². The summed E-state index contributed by atoms with van der Waals surface area (Å²) in [5.74, 6) is 0. The standard InChI is InChI=1S/C12H22O12/c13-1-2-3(14)8(18)12(22,11(21)23-2)9(19)7-5(16)4(15)6(17)10(20)24-7/h2-11,13-22H,1H2/t2-,3-,4+,5+,6-,7+,8+,9?,10-,11?,12+/m1/s1. The lowest BCUT2D eigenvalue weighted by atomic mass is 9.77. The van der Waals surface area contributed by atoms with Gasteiger partial charge in [-0.3, -0.25) is 0 Å². The minimum Gasteiger partial charge on any atom is -0.394 e. The fourth-order valence-electron chi connectivity index (χ4n) is 2.86. The van der Waals surface area contributed by atoms with Crippen molar-refractivity contribution in [2.24, 2.45) is 0 Å². The summed E-state index contributed by atoms with van der Waals surface area (Å²) in [7, 11) is 0. The normalized spacial score (nSPS) is 54.5. The maximum Gasteiger partial charge on any atom is 0.189 e. The molecule has 2 fully saturated rings. The highest BCUT2D eigenvalue weighted by Crippen LogP contribution is 2.36. The molecule has 2 aliphatic rings. The molecular formula is C12H22O12. The molecule has 0 radical (unpaired) electrons. The summed E-state index contributed by atoms with van der Waals surface area (Å²) in [6, 6.07) is 0. The summed E-state index contributed by atoms with van der Waals surface area (Å²) in [4.78, 5) is 0. The van der Waals surface area contributed by atoms with E-state index in [0.717, 1.165) is 0 Å². The van der Waals surface area contributed by atoms with Gasteiger partial charge >= 0.3 is 0 Å². The van der Waals surface area contributed by atoms with Crippen molar-refractivity contribution in [1.29, 1.82) is 0 Å². The van der Waals surface area contributed by atoms with Crippen LogP contribution in [0, 0.1) is 0 Å². The van der Waals surface area contributed by atoms with Gasteiger partial charge in [-0.2, -0.15) is 0 Å². The number of hydrogen-bond acceptors (Lipinski definition) is 12. The summed E-state index contributed by atoms with van der Waals surface area (Å²) < 4.78 is 9.45. The van der Waals surface area contributed by atoms with Crippen LogP contribution < -0.4 is 0 Å². The van der Waals surface area contributed by atoms with Gasteiger partial charge in [-0.25, -0.2) is 0 Å². The predicted octanol–water partition coefficient (Wildman–Crippen LogP) is -6.69. The SMILES string of the molecule is OC[C@H]1OC(O)[C@@](O)(C(O)[C@H]2O[C@@H](O)[C@H](O)[C@@H](O)[C@@H]2O)[C@@H](O)[C@@H]1O. The number of hydrogen-bond donors (Lipinski definition) is 10. The van der Waals surface area contributed by atoms with Gasteiger partial charge < -0.3 is 60.5 Å². The smallest absolute Gasteiger partial charge is 0.189 e. The maximum absolute atomic E-state index is 10.4. The Balaban J connectivity index is 2.28. The Morgan fingerprint density at radius 1 is 0.833 bits per heavy atom. The third-order valence-electron chi connectivity index (χ3n) is 4.47. The van der Waals surface area contributed by atoms with Crippen LogP contribution in [0.5, 0.6) is 0 Å². The maximum atomic E-state index is 10.4. The third kappa shape index (κ3) is 2.94. The van der Waals surface area contributed by atoms with E-state index >= 15 is 0 Å². The molecule has 0 amide bonds. The number of aliphatic hydroxyl groups is 10. The minimum atomic E-state index is -3.00. The van der Waals surface area contributed by atoms with E-state index in [4.69, 9.17) is 14.6 Å². The second kappa shape index (κ2) is 7.03. The van der Waals surface area contributed by atoms with E-state index in [0.29, 0.717) is 0 Å². The van der Waals surface area contributed by atoms with E-state index in [1.54, 1.807) is 0 Å². The van der Waals surface area contributed by atoms with Gasteiger partial charge in [-0.15, -0.1) is 0 Å². The molecule has 2 aliphatic heterocycles. The van der Waals surface area contributed by atoms with Crippen molar-refractivity contribution in [1.82, 2.24) is 0 Å². The Kier molecular flexibility index (Phi) is 5.81. The van der Waals surface area contributed by atoms with Crippen LogP contribution >= 0.6 is 0 Å². The van der Waals surface area contributed by atoms with Gasteiger partial charge in [-0.1, -0.05) is 0 Å². The number of aliphatic hydroxyl groups excluding tert-OH is 9. The quantitative estimate of drug-likeness (QED) is 0.227. The van der Waals surface area contributed by atoms with Gasteiger partial charge in [-0.05, 0) is 0 Å². The van der Waals surface area contributed by atoms with Crippen LogP contribution in [-0.2, 0) is 9.47 Å². The molecule has 0 aromatic carbocycles. The molecule has 2 heterocycles. The van der Waals surface area contributed by atoms with E-state index in [9.17, 15) is 46.0 Å². The second-order valence-electron chi connectivity index (χ2n) is 5.94. The van der Waals surface area contributed by atoms with Crippen LogP contribution in [0.1, 0.15) is 0 Å².